The molecule has 1 heterocycles. The molecular formula is C19H16F3NO3S. The number of hydrogen-bond donors (Lipinski definition) is 2. The molecule has 0 radical (unpaired) electrons. The summed E-state index contributed by atoms with van der Waals surface area (Å²) in [5, 5.41) is 21.2. The number of nitrogens with zero attached hydrogens (tertiary/aromatic N) is 1. The molecule has 0 saturated heterocycles. The maximum Gasteiger partial charge on any atom is 0.416 e. The normalized spacial score (nSPS) is 13.0. The SMILES string of the molecule is O=C(O)C(c1ccc(C(F)(F)F)cc1)n1cc2ccccc2c1SCCO. The standard InChI is InChI=1S/C19H16F3NO3S/c20-19(21,22)14-7-5-12(6-8-14)16(18(25)26)23-11-13-3-1-2-4-15(13)17(23)27-10-9-24/h1-8,11,16,24H,9-10H2,(H,25,26). The number of hydrogen-bond acceptors (Lipinski definition) is 3. The molecule has 1 unspecified atom stereocenters. The van der Waals surface area contributed by atoms with Gasteiger partial charge < -0.3 is 14.8 Å². The zero-order chi connectivity index (χ0) is 19.6. The van der Waals surface area contributed by atoms with Crippen molar-refractivity contribution in [1.29, 1.82) is 0 Å². The van der Waals surface area contributed by atoms with Gasteiger partial charge in [-0.2, -0.15) is 13.2 Å². The Morgan fingerprint density at radius 2 is 1.78 bits per heavy atom. The average molecular weight is 395 g/mol. The van der Waals surface area contributed by atoms with Crippen LogP contribution in [0.15, 0.2) is 59.8 Å². The molecule has 0 saturated carbocycles. The van der Waals surface area contributed by atoms with Crippen molar-refractivity contribution in [2.45, 2.75) is 17.2 Å². The topological polar surface area (TPSA) is 62.5 Å². The molecule has 142 valence electrons. The lowest BCUT2D eigenvalue weighted by Gasteiger charge is -2.19. The first kappa shape index (κ1) is 19.3. The van der Waals surface area contributed by atoms with Crippen LogP contribution < -0.4 is 0 Å². The fourth-order valence-electron chi connectivity index (χ4n) is 2.91. The van der Waals surface area contributed by atoms with Crippen LogP contribution in [0.4, 0.5) is 13.2 Å². The van der Waals surface area contributed by atoms with Gasteiger partial charge in [0.25, 0.3) is 0 Å². The Labute approximate surface area is 157 Å². The van der Waals surface area contributed by atoms with Crippen molar-refractivity contribution in [3.05, 3.63) is 65.9 Å². The van der Waals surface area contributed by atoms with Crippen molar-refractivity contribution < 1.29 is 28.2 Å². The molecule has 3 rings (SSSR count). The number of aliphatic hydroxyl groups excluding tert-OH is 1. The van der Waals surface area contributed by atoms with Gasteiger partial charge in [0, 0.05) is 22.7 Å². The minimum Gasteiger partial charge on any atom is -0.479 e. The van der Waals surface area contributed by atoms with E-state index in [1.165, 1.54) is 28.5 Å². The summed E-state index contributed by atoms with van der Waals surface area (Å²) < 4.78 is 39.9. The summed E-state index contributed by atoms with van der Waals surface area (Å²) in [7, 11) is 0. The van der Waals surface area contributed by atoms with E-state index in [1.54, 1.807) is 6.20 Å². The Hall–Kier alpha value is -2.45. The molecule has 0 bridgehead atoms. The average Bonchev–Trinajstić information content (AvgIpc) is 2.97. The van der Waals surface area contributed by atoms with Gasteiger partial charge in [-0.15, -0.1) is 11.8 Å². The third-order valence-corrected chi connectivity index (χ3v) is 5.19. The lowest BCUT2D eigenvalue weighted by molar-refractivity contribution is -0.139. The number of fused-ring (bicyclic) bond motifs is 1. The number of carboxylic acid groups (broad SMARTS) is 1. The molecule has 27 heavy (non-hydrogen) atoms. The smallest absolute Gasteiger partial charge is 0.416 e. The van der Waals surface area contributed by atoms with E-state index in [-0.39, 0.29) is 12.2 Å². The van der Waals surface area contributed by atoms with E-state index in [2.05, 4.69) is 0 Å². The van der Waals surface area contributed by atoms with E-state index in [0.717, 1.165) is 22.9 Å². The Morgan fingerprint density at radius 3 is 2.37 bits per heavy atom. The molecule has 0 fully saturated rings. The number of aromatic nitrogens is 1. The Balaban J connectivity index is 2.11. The van der Waals surface area contributed by atoms with Crippen LogP contribution in [0.1, 0.15) is 17.2 Å². The fourth-order valence-corrected chi connectivity index (χ4v) is 3.85. The van der Waals surface area contributed by atoms with E-state index >= 15 is 0 Å². The van der Waals surface area contributed by atoms with Crippen LogP contribution >= 0.6 is 11.8 Å². The van der Waals surface area contributed by atoms with Gasteiger partial charge in [0.05, 0.1) is 17.2 Å². The number of thioether (sulfide) groups is 1. The van der Waals surface area contributed by atoms with Gasteiger partial charge in [-0.3, -0.25) is 0 Å². The molecule has 2 aromatic carbocycles. The summed E-state index contributed by atoms with van der Waals surface area (Å²) in [6, 6.07) is 10.3. The Kier molecular flexibility index (Phi) is 5.48. The number of benzene rings is 2. The summed E-state index contributed by atoms with van der Waals surface area (Å²) in [4.78, 5) is 12.0. The highest BCUT2D eigenvalue weighted by Gasteiger charge is 2.31. The molecule has 0 aliphatic rings. The number of alkyl halides is 3. The highest BCUT2D eigenvalue weighted by atomic mass is 32.2. The third kappa shape index (κ3) is 3.96. The van der Waals surface area contributed by atoms with Gasteiger partial charge in [-0.25, -0.2) is 4.79 Å². The minimum absolute atomic E-state index is 0.0812. The summed E-state index contributed by atoms with van der Waals surface area (Å²) in [6.07, 6.45) is -2.81. The molecule has 2 N–H and O–H groups in total. The molecule has 0 aliphatic heterocycles. The first-order chi connectivity index (χ1) is 12.8. The highest BCUT2D eigenvalue weighted by molar-refractivity contribution is 7.99. The Bertz CT molecular complexity index is 951. The molecule has 1 aromatic heterocycles. The van der Waals surface area contributed by atoms with Crippen LogP contribution in [-0.4, -0.2) is 33.1 Å². The fraction of sp³-hybridized carbons (Fsp3) is 0.211. The first-order valence-electron chi connectivity index (χ1n) is 8.06. The van der Waals surface area contributed by atoms with Crippen LogP contribution in [0.5, 0.6) is 0 Å². The van der Waals surface area contributed by atoms with E-state index in [4.69, 9.17) is 5.11 Å². The third-order valence-electron chi connectivity index (χ3n) is 4.10. The summed E-state index contributed by atoms with van der Waals surface area (Å²) in [6.45, 7) is -0.0812. The molecule has 0 aliphatic carbocycles. The molecular weight excluding hydrogens is 379 g/mol. The molecule has 8 heteroatoms. The van der Waals surface area contributed by atoms with Crippen molar-refractivity contribution >= 4 is 28.5 Å². The minimum atomic E-state index is -4.48. The van der Waals surface area contributed by atoms with Crippen LogP contribution in [0.3, 0.4) is 0 Å². The molecule has 3 aromatic rings. The number of rotatable bonds is 6. The second-order valence-electron chi connectivity index (χ2n) is 5.86. The Morgan fingerprint density at radius 1 is 1.11 bits per heavy atom. The monoisotopic (exact) mass is 395 g/mol. The number of carbonyl (C=O) groups is 1. The van der Waals surface area contributed by atoms with Crippen molar-refractivity contribution in [2.24, 2.45) is 0 Å². The summed E-state index contributed by atoms with van der Waals surface area (Å²) in [5.74, 6) is -0.811. The zero-order valence-electron chi connectivity index (χ0n) is 14.0. The van der Waals surface area contributed by atoms with Crippen LogP contribution in [0, 0.1) is 0 Å². The second kappa shape index (κ2) is 7.66. The van der Waals surface area contributed by atoms with Gasteiger partial charge in [0.2, 0.25) is 0 Å². The van der Waals surface area contributed by atoms with Gasteiger partial charge >= 0.3 is 12.1 Å². The zero-order valence-corrected chi connectivity index (χ0v) is 14.8. The number of halogens is 3. The number of aliphatic carboxylic acids is 1. The largest absolute Gasteiger partial charge is 0.479 e. The quantitative estimate of drug-likeness (QED) is 0.607. The van der Waals surface area contributed by atoms with Crippen LogP contribution in [0.2, 0.25) is 0 Å². The van der Waals surface area contributed by atoms with Gasteiger partial charge in [0.15, 0.2) is 6.04 Å². The molecule has 0 amide bonds. The first-order valence-corrected chi connectivity index (χ1v) is 9.04. The van der Waals surface area contributed by atoms with E-state index in [9.17, 15) is 23.1 Å². The van der Waals surface area contributed by atoms with E-state index < -0.39 is 23.8 Å². The summed E-state index contributed by atoms with van der Waals surface area (Å²) in [5.41, 5.74) is -0.593. The van der Waals surface area contributed by atoms with Crippen molar-refractivity contribution in [3.63, 3.8) is 0 Å². The second-order valence-corrected chi connectivity index (χ2v) is 6.95. The van der Waals surface area contributed by atoms with Crippen molar-refractivity contribution in [2.75, 3.05) is 12.4 Å². The lowest BCUT2D eigenvalue weighted by atomic mass is 10.0. The molecule has 1 atom stereocenters. The molecule has 0 spiro atoms. The molecule has 4 nitrogen and oxygen atoms in total. The summed E-state index contributed by atoms with van der Waals surface area (Å²) >= 11 is 1.30. The van der Waals surface area contributed by atoms with Gasteiger partial charge in [-0.1, -0.05) is 36.4 Å². The van der Waals surface area contributed by atoms with Crippen LogP contribution in [-0.2, 0) is 11.0 Å². The van der Waals surface area contributed by atoms with Crippen molar-refractivity contribution in [1.82, 2.24) is 4.57 Å². The predicted molar refractivity (Wildman–Crippen MR) is 97.0 cm³/mol. The van der Waals surface area contributed by atoms with Crippen LogP contribution in [0.25, 0.3) is 10.8 Å². The maximum atomic E-state index is 12.8. The van der Waals surface area contributed by atoms with Crippen molar-refractivity contribution in [3.8, 4) is 0 Å². The van der Waals surface area contributed by atoms with Gasteiger partial charge in [0.1, 0.15) is 0 Å². The highest BCUT2D eigenvalue weighted by Crippen LogP contribution is 2.36. The predicted octanol–water partition coefficient (Wildman–Crippen LogP) is 4.42. The van der Waals surface area contributed by atoms with E-state index in [0.29, 0.717) is 10.8 Å². The lowest BCUT2D eigenvalue weighted by Crippen LogP contribution is -2.20. The number of aliphatic hydroxyl groups is 1. The van der Waals surface area contributed by atoms with E-state index in [1.807, 2.05) is 24.3 Å². The maximum absolute atomic E-state index is 12.8. The number of carboxylic acids is 1. The van der Waals surface area contributed by atoms with Gasteiger partial charge in [-0.05, 0) is 17.7 Å².